The fraction of sp³-hybridized carbons (Fsp3) is 0.929. The lowest BCUT2D eigenvalue weighted by molar-refractivity contribution is -0.150. The van der Waals surface area contributed by atoms with Crippen molar-refractivity contribution < 1.29 is 9.90 Å². The average Bonchev–Trinajstić information content (AvgIpc) is 2.38. The minimum absolute atomic E-state index is 0.405. The summed E-state index contributed by atoms with van der Waals surface area (Å²) >= 11 is 0. The highest BCUT2D eigenvalue weighted by Gasteiger charge is 2.37. The minimum Gasteiger partial charge on any atom is -0.480 e. The number of carboxylic acid groups (broad SMARTS) is 1. The third-order valence-corrected chi connectivity index (χ3v) is 4.50. The van der Waals surface area contributed by atoms with E-state index in [2.05, 4.69) is 18.7 Å². The third kappa shape index (κ3) is 3.44. The van der Waals surface area contributed by atoms with E-state index >= 15 is 0 Å². The molecule has 3 heteroatoms. The Morgan fingerprint density at radius 1 is 1.29 bits per heavy atom. The first-order valence-corrected chi connectivity index (χ1v) is 6.63. The summed E-state index contributed by atoms with van der Waals surface area (Å²) in [5.41, 5.74) is -0.345. The number of aliphatic carboxylic acids is 1. The second-order valence-corrected chi connectivity index (χ2v) is 6.72. The van der Waals surface area contributed by atoms with Crippen molar-refractivity contribution in [1.29, 1.82) is 0 Å². The zero-order valence-electron chi connectivity index (χ0n) is 11.9. The highest BCUT2D eigenvalue weighted by molar-refractivity contribution is 5.77. The van der Waals surface area contributed by atoms with Gasteiger partial charge in [0.15, 0.2) is 0 Å². The minimum atomic E-state index is -0.765. The van der Waals surface area contributed by atoms with Crippen LogP contribution in [0.15, 0.2) is 0 Å². The summed E-state index contributed by atoms with van der Waals surface area (Å²) < 4.78 is 0. The quantitative estimate of drug-likeness (QED) is 0.772. The lowest BCUT2D eigenvalue weighted by atomic mass is 9.85. The van der Waals surface area contributed by atoms with Gasteiger partial charge in [0.1, 0.15) is 5.54 Å². The maximum absolute atomic E-state index is 11.3. The van der Waals surface area contributed by atoms with Gasteiger partial charge in [-0.3, -0.25) is 9.69 Å². The van der Waals surface area contributed by atoms with Gasteiger partial charge in [-0.2, -0.15) is 0 Å². The topological polar surface area (TPSA) is 40.5 Å². The molecule has 0 amide bonds. The number of likely N-dealkylation sites (N-methyl/N-ethyl adjacent to an activating group) is 1. The standard InChI is InChI=1S/C14H27NO2/c1-13(2)9-6-7-11(8-10-13)15(5)14(3,4)12(16)17/h11H,6-10H2,1-5H3,(H,16,17). The molecular weight excluding hydrogens is 214 g/mol. The van der Waals surface area contributed by atoms with Crippen molar-refractivity contribution >= 4 is 5.97 Å². The molecule has 0 heterocycles. The Morgan fingerprint density at radius 2 is 1.88 bits per heavy atom. The van der Waals surface area contributed by atoms with Gasteiger partial charge in [-0.05, 0) is 52.0 Å². The molecule has 1 fully saturated rings. The van der Waals surface area contributed by atoms with Crippen LogP contribution >= 0.6 is 0 Å². The van der Waals surface area contributed by atoms with Crippen LogP contribution in [-0.2, 0) is 4.79 Å². The molecule has 0 aromatic carbocycles. The molecule has 0 radical (unpaired) electrons. The SMILES string of the molecule is CN(C1CCCC(C)(C)CC1)C(C)(C)C(=O)O. The Hall–Kier alpha value is -0.570. The predicted molar refractivity (Wildman–Crippen MR) is 70.1 cm³/mol. The number of nitrogens with zero attached hydrogens (tertiary/aromatic N) is 1. The summed E-state index contributed by atoms with van der Waals surface area (Å²) in [4.78, 5) is 13.3. The Labute approximate surface area is 105 Å². The Morgan fingerprint density at radius 3 is 2.41 bits per heavy atom. The molecule has 1 atom stereocenters. The van der Waals surface area contributed by atoms with Crippen molar-refractivity contribution in [3.8, 4) is 0 Å². The van der Waals surface area contributed by atoms with E-state index in [0.29, 0.717) is 11.5 Å². The van der Waals surface area contributed by atoms with Crippen molar-refractivity contribution in [3.05, 3.63) is 0 Å². The summed E-state index contributed by atoms with van der Waals surface area (Å²) in [5.74, 6) is -0.733. The number of rotatable bonds is 3. The van der Waals surface area contributed by atoms with Gasteiger partial charge in [0.05, 0.1) is 0 Å². The molecule has 1 aliphatic carbocycles. The monoisotopic (exact) mass is 241 g/mol. The van der Waals surface area contributed by atoms with E-state index in [-0.39, 0.29) is 0 Å². The highest BCUT2D eigenvalue weighted by Crippen LogP contribution is 2.36. The first-order chi connectivity index (χ1) is 7.67. The van der Waals surface area contributed by atoms with Crippen LogP contribution in [0.5, 0.6) is 0 Å². The Balaban J connectivity index is 2.70. The molecule has 1 aliphatic rings. The number of carbonyl (C=O) groups is 1. The van der Waals surface area contributed by atoms with Crippen LogP contribution in [0.25, 0.3) is 0 Å². The summed E-state index contributed by atoms with van der Waals surface area (Å²) in [5, 5.41) is 9.27. The number of hydrogen-bond acceptors (Lipinski definition) is 2. The van der Waals surface area contributed by atoms with Gasteiger partial charge in [-0.15, -0.1) is 0 Å². The Bertz CT molecular complexity index is 284. The average molecular weight is 241 g/mol. The highest BCUT2D eigenvalue weighted by atomic mass is 16.4. The van der Waals surface area contributed by atoms with E-state index < -0.39 is 11.5 Å². The van der Waals surface area contributed by atoms with Crippen LogP contribution in [0.2, 0.25) is 0 Å². The van der Waals surface area contributed by atoms with E-state index in [1.165, 1.54) is 19.3 Å². The van der Waals surface area contributed by atoms with E-state index in [9.17, 15) is 9.90 Å². The molecule has 1 rings (SSSR count). The molecule has 3 nitrogen and oxygen atoms in total. The van der Waals surface area contributed by atoms with Crippen LogP contribution < -0.4 is 0 Å². The molecule has 1 unspecified atom stereocenters. The molecule has 1 N–H and O–H groups in total. The zero-order chi connectivity index (χ0) is 13.3. The van der Waals surface area contributed by atoms with Gasteiger partial charge in [0.25, 0.3) is 0 Å². The molecule has 0 spiro atoms. The van der Waals surface area contributed by atoms with Crippen molar-refractivity contribution in [1.82, 2.24) is 4.90 Å². The fourth-order valence-corrected chi connectivity index (χ4v) is 2.64. The molecule has 1 saturated carbocycles. The molecule has 0 bridgehead atoms. The van der Waals surface area contributed by atoms with Crippen molar-refractivity contribution in [3.63, 3.8) is 0 Å². The first-order valence-electron chi connectivity index (χ1n) is 6.63. The number of hydrogen-bond donors (Lipinski definition) is 1. The summed E-state index contributed by atoms with van der Waals surface area (Å²) in [6, 6.07) is 0.405. The molecule has 0 saturated heterocycles. The van der Waals surface area contributed by atoms with Crippen LogP contribution in [0.1, 0.15) is 59.8 Å². The third-order valence-electron chi connectivity index (χ3n) is 4.50. The van der Waals surface area contributed by atoms with Gasteiger partial charge in [0.2, 0.25) is 0 Å². The van der Waals surface area contributed by atoms with Crippen molar-refractivity contribution in [2.45, 2.75) is 71.4 Å². The fourth-order valence-electron chi connectivity index (χ4n) is 2.64. The summed E-state index contributed by atoms with van der Waals surface area (Å²) in [6.45, 7) is 8.23. The molecule has 17 heavy (non-hydrogen) atoms. The molecule has 0 aromatic heterocycles. The second-order valence-electron chi connectivity index (χ2n) is 6.72. The largest absolute Gasteiger partial charge is 0.480 e. The Kier molecular flexibility index (Phi) is 4.23. The predicted octanol–water partition coefficient (Wildman–Crippen LogP) is 3.14. The maximum atomic E-state index is 11.3. The first kappa shape index (κ1) is 14.5. The van der Waals surface area contributed by atoms with E-state index in [1.807, 2.05) is 7.05 Å². The van der Waals surface area contributed by atoms with Crippen molar-refractivity contribution in [2.24, 2.45) is 5.41 Å². The van der Waals surface area contributed by atoms with Crippen LogP contribution in [0.3, 0.4) is 0 Å². The maximum Gasteiger partial charge on any atom is 0.323 e. The molecule has 100 valence electrons. The molecule has 0 aromatic rings. The summed E-state index contributed by atoms with van der Waals surface area (Å²) in [7, 11) is 1.96. The van der Waals surface area contributed by atoms with Gasteiger partial charge >= 0.3 is 5.97 Å². The van der Waals surface area contributed by atoms with Crippen LogP contribution in [0, 0.1) is 5.41 Å². The van der Waals surface area contributed by atoms with Crippen LogP contribution in [-0.4, -0.2) is 34.6 Å². The zero-order valence-corrected chi connectivity index (χ0v) is 11.9. The van der Waals surface area contributed by atoms with Crippen molar-refractivity contribution in [2.75, 3.05) is 7.05 Å². The van der Waals surface area contributed by atoms with Gasteiger partial charge in [-0.25, -0.2) is 0 Å². The summed E-state index contributed by atoms with van der Waals surface area (Å²) in [6.07, 6.45) is 5.89. The smallest absolute Gasteiger partial charge is 0.323 e. The van der Waals surface area contributed by atoms with Crippen LogP contribution in [0.4, 0.5) is 0 Å². The van der Waals surface area contributed by atoms with Gasteiger partial charge in [0, 0.05) is 6.04 Å². The normalized spacial score (nSPS) is 25.6. The number of carboxylic acids is 1. The lowest BCUT2D eigenvalue weighted by Crippen LogP contribution is -2.52. The molecule has 0 aliphatic heterocycles. The van der Waals surface area contributed by atoms with E-state index in [0.717, 1.165) is 12.8 Å². The van der Waals surface area contributed by atoms with Gasteiger partial charge < -0.3 is 5.11 Å². The molecular formula is C14H27NO2. The lowest BCUT2D eigenvalue weighted by Gasteiger charge is -2.38. The van der Waals surface area contributed by atoms with Gasteiger partial charge in [-0.1, -0.05) is 20.3 Å². The van der Waals surface area contributed by atoms with E-state index in [1.54, 1.807) is 13.8 Å². The second kappa shape index (κ2) is 4.97. The van der Waals surface area contributed by atoms with E-state index in [4.69, 9.17) is 0 Å².